The molecule has 2 unspecified atom stereocenters. The van der Waals surface area contributed by atoms with Crippen molar-refractivity contribution in [3.63, 3.8) is 0 Å². The summed E-state index contributed by atoms with van der Waals surface area (Å²) in [5.41, 5.74) is 1.36. The minimum Gasteiger partial charge on any atom is -0.147 e. The van der Waals surface area contributed by atoms with Gasteiger partial charge < -0.3 is 0 Å². The molecule has 3 aliphatic carbocycles. The van der Waals surface area contributed by atoms with E-state index in [-0.39, 0.29) is 8.41 Å². The lowest BCUT2D eigenvalue weighted by Crippen LogP contribution is -2.62. The highest BCUT2D eigenvalue weighted by molar-refractivity contribution is 8.17. The molecule has 0 radical (unpaired) electrons. The minimum absolute atomic E-state index is 0. The Bertz CT molecular complexity index is 257. The number of rotatable bonds is 1. The van der Waals surface area contributed by atoms with Gasteiger partial charge in [-0.3, -0.25) is 0 Å². The molecule has 1 heterocycles. The van der Waals surface area contributed by atoms with Crippen LogP contribution in [-0.4, -0.2) is 24.5 Å². The highest BCUT2D eigenvalue weighted by Gasteiger charge is 2.64. The van der Waals surface area contributed by atoms with Gasteiger partial charge in [0.2, 0.25) is 0 Å². The van der Waals surface area contributed by atoms with Crippen molar-refractivity contribution in [2.75, 3.05) is 11.5 Å². The van der Waals surface area contributed by atoms with Crippen molar-refractivity contribution in [2.45, 2.75) is 50.5 Å². The molecule has 16 heavy (non-hydrogen) atoms. The van der Waals surface area contributed by atoms with Crippen LogP contribution in [0.25, 0.3) is 0 Å². The van der Waals surface area contributed by atoms with Gasteiger partial charge >= 0.3 is 0 Å². The lowest BCUT2D eigenvalue weighted by atomic mass is 9.40. The molecule has 4 rings (SSSR count). The molecule has 0 aromatic rings. The SMILES string of the molecule is B.CC1(C)C2CCCC1(C1SCCCS1)C2. The average molecular weight is 256 g/mol. The van der Waals surface area contributed by atoms with E-state index in [9.17, 15) is 0 Å². The first-order valence-electron chi connectivity index (χ1n) is 6.40. The van der Waals surface area contributed by atoms with Crippen LogP contribution in [0.1, 0.15) is 46.0 Å². The predicted octanol–water partition coefficient (Wildman–Crippen LogP) is 3.22. The predicted molar refractivity (Wildman–Crippen MR) is 81.4 cm³/mol. The summed E-state index contributed by atoms with van der Waals surface area (Å²) in [6, 6.07) is 0. The van der Waals surface area contributed by atoms with Gasteiger partial charge in [0, 0.05) is 0 Å². The second-order valence-electron chi connectivity index (χ2n) is 6.10. The Labute approximate surface area is 111 Å². The zero-order valence-corrected chi connectivity index (χ0v) is 11.6. The number of hydrogen-bond acceptors (Lipinski definition) is 2. The molecule has 0 N–H and O–H groups in total. The topological polar surface area (TPSA) is 0 Å². The molecule has 1 aliphatic heterocycles. The van der Waals surface area contributed by atoms with Crippen molar-refractivity contribution in [2.24, 2.45) is 16.7 Å². The van der Waals surface area contributed by atoms with E-state index in [2.05, 4.69) is 37.4 Å². The van der Waals surface area contributed by atoms with E-state index < -0.39 is 0 Å². The zero-order valence-electron chi connectivity index (χ0n) is 9.92. The van der Waals surface area contributed by atoms with Gasteiger partial charge in [0.05, 0.1) is 13.0 Å². The van der Waals surface area contributed by atoms with Crippen LogP contribution in [0.3, 0.4) is 0 Å². The fourth-order valence-electron chi connectivity index (χ4n) is 4.11. The Morgan fingerprint density at radius 3 is 2.31 bits per heavy atom. The van der Waals surface area contributed by atoms with Gasteiger partial charge in [-0.15, -0.1) is 23.5 Å². The van der Waals surface area contributed by atoms with Crippen molar-refractivity contribution < 1.29 is 0 Å². The Morgan fingerprint density at radius 2 is 1.75 bits per heavy atom. The van der Waals surface area contributed by atoms with Crippen molar-refractivity contribution >= 4 is 31.9 Å². The van der Waals surface area contributed by atoms with Crippen LogP contribution >= 0.6 is 23.5 Å². The van der Waals surface area contributed by atoms with E-state index in [0.717, 1.165) is 10.5 Å². The molecule has 0 spiro atoms. The summed E-state index contributed by atoms with van der Waals surface area (Å²) < 4.78 is 0.929. The van der Waals surface area contributed by atoms with Crippen molar-refractivity contribution in [1.82, 2.24) is 0 Å². The standard InChI is InChI=1S/C13H22S2.BH3/c1-12(2)10-5-3-6-13(12,9-10)11-14-7-4-8-15-11;/h10-11H,3-9H2,1-2H3;1H3. The van der Waals surface area contributed by atoms with Crippen molar-refractivity contribution in [3.05, 3.63) is 0 Å². The Morgan fingerprint density at radius 1 is 1.06 bits per heavy atom. The number of fused-ring (bicyclic) bond motifs is 2. The van der Waals surface area contributed by atoms with E-state index in [4.69, 9.17) is 0 Å². The molecule has 0 amide bonds. The van der Waals surface area contributed by atoms with Gasteiger partial charge in [0.1, 0.15) is 0 Å². The molecule has 0 aromatic carbocycles. The first-order valence-corrected chi connectivity index (χ1v) is 8.50. The summed E-state index contributed by atoms with van der Waals surface area (Å²) in [6.45, 7) is 5.10. The fourth-order valence-corrected chi connectivity index (χ4v) is 7.98. The minimum atomic E-state index is 0. The van der Waals surface area contributed by atoms with E-state index in [1.807, 2.05) is 0 Å². The molecule has 3 saturated carbocycles. The monoisotopic (exact) mass is 256 g/mol. The first kappa shape index (κ1) is 13.2. The van der Waals surface area contributed by atoms with Crippen LogP contribution in [-0.2, 0) is 0 Å². The van der Waals surface area contributed by atoms with E-state index in [1.165, 1.54) is 37.2 Å². The number of hydrogen-bond donors (Lipinski definition) is 0. The van der Waals surface area contributed by atoms with Crippen LogP contribution in [0.4, 0.5) is 0 Å². The summed E-state index contributed by atoms with van der Waals surface area (Å²) in [5.74, 6) is 3.88. The largest absolute Gasteiger partial charge is 0.147 e. The highest BCUT2D eigenvalue weighted by atomic mass is 32.2. The van der Waals surface area contributed by atoms with Gasteiger partial charge in [0.25, 0.3) is 0 Å². The van der Waals surface area contributed by atoms with E-state index in [0.29, 0.717) is 10.8 Å². The summed E-state index contributed by atoms with van der Waals surface area (Å²) in [5, 5.41) is 0. The Hall–Kier alpha value is 0.765. The first-order chi connectivity index (χ1) is 7.17. The fraction of sp³-hybridized carbons (Fsp3) is 1.00. The van der Waals surface area contributed by atoms with Crippen LogP contribution in [0.15, 0.2) is 0 Å². The second kappa shape index (κ2) is 4.46. The van der Waals surface area contributed by atoms with Gasteiger partial charge in [-0.1, -0.05) is 20.3 Å². The van der Waals surface area contributed by atoms with Crippen LogP contribution in [0.5, 0.6) is 0 Å². The molecule has 4 fully saturated rings. The number of thioether (sulfide) groups is 2. The van der Waals surface area contributed by atoms with Gasteiger partial charge in [-0.05, 0) is 53.9 Å². The van der Waals surface area contributed by atoms with Crippen LogP contribution < -0.4 is 0 Å². The molecule has 4 aliphatic rings. The van der Waals surface area contributed by atoms with E-state index >= 15 is 0 Å². The second-order valence-corrected chi connectivity index (χ2v) is 8.82. The highest BCUT2D eigenvalue weighted by Crippen LogP contribution is 2.72. The lowest BCUT2D eigenvalue weighted by Gasteiger charge is -2.68. The van der Waals surface area contributed by atoms with Gasteiger partial charge in [-0.25, -0.2) is 0 Å². The smallest absolute Gasteiger partial charge is 0.0814 e. The van der Waals surface area contributed by atoms with E-state index in [1.54, 1.807) is 6.42 Å². The molecule has 2 atom stereocenters. The quantitative estimate of drug-likeness (QED) is 0.661. The molecule has 2 bridgehead atoms. The van der Waals surface area contributed by atoms with Crippen molar-refractivity contribution in [1.29, 1.82) is 0 Å². The Kier molecular flexibility index (Phi) is 3.68. The Balaban J connectivity index is 0.000000963. The molecule has 3 heteroatoms. The summed E-state index contributed by atoms with van der Waals surface area (Å²) in [4.78, 5) is 0. The normalized spacial score (nSPS) is 42.0. The molecule has 1 saturated heterocycles. The maximum Gasteiger partial charge on any atom is 0.0814 e. The molecule has 0 aromatic heterocycles. The van der Waals surface area contributed by atoms with Gasteiger partial charge in [0.15, 0.2) is 0 Å². The molecular formula is C13H25BS2. The maximum absolute atomic E-state index is 2.55. The zero-order chi connectivity index (χ0) is 10.5. The van der Waals surface area contributed by atoms with Crippen molar-refractivity contribution in [3.8, 4) is 0 Å². The molecular weight excluding hydrogens is 231 g/mol. The molecule has 0 nitrogen and oxygen atoms in total. The van der Waals surface area contributed by atoms with Gasteiger partial charge in [-0.2, -0.15) is 0 Å². The third-order valence-electron chi connectivity index (χ3n) is 5.37. The third-order valence-corrected chi connectivity index (χ3v) is 8.74. The third kappa shape index (κ3) is 1.60. The van der Waals surface area contributed by atoms with Crippen LogP contribution in [0.2, 0.25) is 0 Å². The summed E-state index contributed by atoms with van der Waals surface area (Å²) >= 11 is 4.54. The maximum atomic E-state index is 2.55. The lowest BCUT2D eigenvalue weighted by molar-refractivity contribution is -0.149. The molecule has 92 valence electrons. The van der Waals surface area contributed by atoms with Crippen LogP contribution in [0, 0.1) is 16.7 Å². The average Bonchev–Trinajstić information content (AvgIpc) is 2.30. The summed E-state index contributed by atoms with van der Waals surface area (Å²) in [7, 11) is 0. The summed E-state index contributed by atoms with van der Waals surface area (Å²) in [6.07, 6.45) is 7.51.